The summed E-state index contributed by atoms with van der Waals surface area (Å²) in [6, 6.07) is 21.1. The van der Waals surface area contributed by atoms with Gasteiger partial charge in [-0.3, -0.25) is 0 Å². The third-order valence-electron chi connectivity index (χ3n) is 5.06. The number of hydrogen-bond acceptors (Lipinski definition) is 3. The van der Waals surface area contributed by atoms with Crippen molar-refractivity contribution in [3.8, 4) is 5.69 Å². The molecule has 3 nitrogen and oxygen atoms in total. The van der Waals surface area contributed by atoms with Crippen molar-refractivity contribution in [1.29, 1.82) is 0 Å². The number of rotatable bonds is 6. The van der Waals surface area contributed by atoms with Crippen molar-refractivity contribution >= 4 is 44.4 Å². The number of halogens is 5. The van der Waals surface area contributed by atoms with E-state index in [1.807, 2.05) is 53.1 Å². The maximum Gasteiger partial charge on any atom is 0.446 e. The summed E-state index contributed by atoms with van der Waals surface area (Å²) in [4.78, 5) is 10.8. The molecular weight excluding hydrogens is 473 g/mol. The molecule has 1 heterocycles. The van der Waals surface area contributed by atoms with E-state index in [0.29, 0.717) is 10.9 Å². The second kappa shape index (κ2) is 9.13. The molecule has 176 valence electrons. The van der Waals surface area contributed by atoms with E-state index in [1.54, 1.807) is 12.1 Å². The summed E-state index contributed by atoms with van der Waals surface area (Å²) < 4.78 is 74.8. The minimum Gasteiger partial charge on any atom is -0.461 e. The number of para-hydroxylation sites is 2. The van der Waals surface area contributed by atoms with Crippen LogP contribution < -0.4 is 0 Å². The summed E-state index contributed by atoms with van der Waals surface area (Å²) in [6.45, 7) is 1.01. The van der Waals surface area contributed by atoms with Crippen molar-refractivity contribution in [3.63, 3.8) is 0 Å². The molecule has 0 fully saturated rings. The molecule has 1 aromatic heterocycles. The Morgan fingerprint density at radius 2 is 1.56 bits per heavy atom. The van der Waals surface area contributed by atoms with E-state index in [0.717, 1.165) is 16.6 Å². The molecule has 0 spiro atoms. The normalized spacial score (nSPS) is 12.9. The van der Waals surface area contributed by atoms with Gasteiger partial charge in [0.05, 0.1) is 17.6 Å². The third-order valence-corrected chi connectivity index (χ3v) is 5.86. The second-order valence-corrected chi connectivity index (χ2v) is 8.43. The standard InChI is InChI=1S/C25H18F5NO2S/c1-2-33-23(32)24(26,27)15-22(34-25(28,29)30)16-12-13-21-19(14-16)18-10-6-7-11-20(18)31(21)17-8-4-3-5-9-17/h3-15H,2H2,1H3/b22-15+. The van der Waals surface area contributed by atoms with E-state index in [4.69, 9.17) is 0 Å². The predicted molar refractivity (Wildman–Crippen MR) is 124 cm³/mol. The van der Waals surface area contributed by atoms with Crippen LogP contribution in [0.25, 0.3) is 32.4 Å². The summed E-state index contributed by atoms with van der Waals surface area (Å²) in [6.07, 6.45) is 0.0146. The highest BCUT2D eigenvalue weighted by molar-refractivity contribution is 8.09. The fourth-order valence-corrected chi connectivity index (χ4v) is 4.43. The molecule has 9 heteroatoms. The first-order chi connectivity index (χ1) is 16.1. The van der Waals surface area contributed by atoms with Crippen LogP contribution in [0.1, 0.15) is 12.5 Å². The molecule has 3 aromatic carbocycles. The first-order valence-electron chi connectivity index (χ1n) is 10.2. The summed E-state index contributed by atoms with van der Waals surface area (Å²) >= 11 is -0.699. The molecule has 0 aliphatic rings. The third kappa shape index (κ3) is 4.79. The topological polar surface area (TPSA) is 31.2 Å². The zero-order chi connectivity index (χ0) is 24.5. The first kappa shape index (κ1) is 23.8. The number of esters is 1. The van der Waals surface area contributed by atoms with Gasteiger partial charge in [0, 0.05) is 27.4 Å². The molecule has 0 atom stereocenters. The highest BCUT2D eigenvalue weighted by Crippen LogP contribution is 2.44. The van der Waals surface area contributed by atoms with Gasteiger partial charge in [0.15, 0.2) is 0 Å². The van der Waals surface area contributed by atoms with Crippen LogP contribution in [0.5, 0.6) is 0 Å². The van der Waals surface area contributed by atoms with Crippen molar-refractivity contribution < 1.29 is 31.5 Å². The molecular formula is C25H18F5NO2S. The Kier molecular flexibility index (Phi) is 6.40. The molecule has 0 aliphatic carbocycles. The molecule has 0 unspecified atom stereocenters. The van der Waals surface area contributed by atoms with Crippen LogP contribution in [0.3, 0.4) is 0 Å². The molecule has 0 bridgehead atoms. The minimum absolute atomic E-state index is 0.0146. The van der Waals surface area contributed by atoms with Crippen LogP contribution in [0.4, 0.5) is 22.0 Å². The molecule has 0 amide bonds. The van der Waals surface area contributed by atoms with Crippen molar-refractivity contribution in [3.05, 3.63) is 84.4 Å². The Hall–Kier alpha value is -3.33. The van der Waals surface area contributed by atoms with Crippen LogP contribution in [0.15, 0.2) is 78.9 Å². The first-order valence-corrected chi connectivity index (χ1v) is 11.0. The quantitative estimate of drug-likeness (QED) is 0.206. The number of nitrogens with zero attached hydrogens (tertiary/aromatic N) is 1. The SMILES string of the molecule is CCOC(=O)C(F)(F)/C=C(/SC(F)(F)F)c1ccc2c(c1)c1ccccc1n2-c1ccccc1. The van der Waals surface area contributed by atoms with E-state index < -0.39 is 34.1 Å². The number of fused-ring (bicyclic) bond motifs is 3. The van der Waals surface area contributed by atoms with E-state index in [2.05, 4.69) is 4.74 Å². The van der Waals surface area contributed by atoms with Gasteiger partial charge in [0.2, 0.25) is 0 Å². The molecule has 0 saturated carbocycles. The zero-order valence-electron chi connectivity index (χ0n) is 17.8. The van der Waals surface area contributed by atoms with E-state index in [-0.39, 0.29) is 18.2 Å². The monoisotopic (exact) mass is 491 g/mol. The van der Waals surface area contributed by atoms with E-state index >= 15 is 0 Å². The Labute approximate surface area is 195 Å². The van der Waals surface area contributed by atoms with Crippen molar-refractivity contribution in [2.24, 2.45) is 0 Å². The Morgan fingerprint density at radius 1 is 0.912 bits per heavy atom. The maximum atomic E-state index is 14.4. The van der Waals surface area contributed by atoms with Crippen LogP contribution in [-0.4, -0.2) is 28.6 Å². The molecule has 0 radical (unpaired) electrons. The Bertz CT molecular complexity index is 1380. The van der Waals surface area contributed by atoms with Gasteiger partial charge in [-0.25, -0.2) is 4.79 Å². The lowest BCUT2D eigenvalue weighted by molar-refractivity contribution is -0.164. The lowest BCUT2D eigenvalue weighted by atomic mass is 10.1. The van der Waals surface area contributed by atoms with Gasteiger partial charge in [-0.1, -0.05) is 42.5 Å². The summed E-state index contributed by atoms with van der Waals surface area (Å²) in [5.74, 6) is -6.13. The van der Waals surface area contributed by atoms with Crippen LogP contribution in [0, 0.1) is 0 Å². The molecule has 0 N–H and O–H groups in total. The highest BCUT2D eigenvalue weighted by atomic mass is 32.2. The van der Waals surface area contributed by atoms with Gasteiger partial charge < -0.3 is 9.30 Å². The fourth-order valence-electron chi connectivity index (χ4n) is 3.73. The number of carbonyl (C=O) groups excluding carboxylic acids is 1. The van der Waals surface area contributed by atoms with Gasteiger partial charge in [-0.05, 0) is 54.6 Å². The van der Waals surface area contributed by atoms with Crippen LogP contribution in [-0.2, 0) is 9.53 Å². The number of thioether (sulfide) groups is 1. The van der Waals surface area contributed by atoms with Crippen LogP contribution in [0.2, 0.25) is 0 Å². The van der Waals surface area contributed by atoms with Gasteiger partial charge >= 0.3 is 17.4 Å². The van der Waals surface area contributed by atoms with Crippen molar-refractivity contribution in [2.45, 2.75) is 18.4 Å². The number of hydrogen-bond donors (Lipinski definition) is 0. The molecule has 34 heavy (non-hydrogen) atoms. The fraction of sp³-hybridized carbons (Fsp3) is 0.160. The summed E-state index contributed by atoms with van der Waals surface area (Å²) in [7, 11) is 0. The van der Waals surface area contributed by atoms with E-state index in [1.165, 1.54) is 19.1 Å². The second-order valence-electron chi connectivity index (χ2n) is 7.32. The largest absolute Gasteiger partial charge is 0.461 e. The summed E-state index contributed by atoms with van der Waals surface area (Å²) in [5.41, 5.74) is -2.58. The number of benzene rings is 3. The molecule has 4 aromatic rings. The lowest BCUT2D eigenvalue weighted by Crippen LogP contribution is -2.28. The van der Waals surface area contributed by atoms with E-state index in [9.17, 15) is 26.7 Å². The van der Waals surface area contributed by atoms with Crippen molar-refractivity contribution in [2.75, 3.05) is 6.61 Å². The smallest absolute Gasteiger partial charge is 0.446 e. The van der Waals surface area contributed by atoms with Crippen molar-refractivity contribution in [1.82, 2.24) is 4.57 Å². The molecule has 0 saturated heterocycles. The zero-order valence-corrected chi connectivity index (χ0v) is 18.6. The predicted octanol–water partition coefficient (Wildman–Crippen LogP) is 7.58. The van der Waals surface area contributed by atoms with Gasteiger partial charge in [0.25, 0.3) is 0 Å². The average molecular weight is 491 g/mol. The number of alkyl halides is 5. The maximum absolute atomic E-state index is 14.4. The molecule has 4 rings (SSSR count). The number of ether oxygens (including phenoxy) is 1. The molecule has 0 aliphatic heterocycles. The lowest BCUT2D eigenvalue weighted by Gasteiger charge is -2.15. The average Bonchev–Trinajstić information content (AvgIpc) is 3.12. The van der Waals surface area contributed by atoms with Gasteiger partial charge in [0.1, 0.15) is 0 Å². The van der Waals surface area contributed by atoms with Gasteiger partial charge in [-0.15, -0.1) is 0 Å². The van der Waals surface area contributed by atoms with Gasteiger partial charge in [-0.2, -0.15) is 22.0 Å². The Morgan fingerprint density at radius 3 is 2.24 bits per heavy atom. The highest BCUT2D eigenvalue weighted by Gasteiger charge is 2.41. The Balaban J connectivity index is 1.93. The van der Waals surface area contributed by atoms with Crippen LogP contribution >= 0.6 is 11.8 Å². The summed E-state index contributed by atoms with van der Waals surface area (Å²) in [5, 5.41) is 1.33. The number of aromatic nitrogens is 1. The minimum atomic E-state index is -4.84. The number of carbonyl (C=O) groups is 1.